The molecule has 0 bridgehead atoms. The van der Waals surface area contributed by atoms with Crippen LogP contribution in [0, 0.1) is 0 Å². The smallest absolute Gasteiger partial charge is 0.239 e. The van der Waals surface area contributed by atoms with Crippen LogP contribution >= 0.6 is 27.5 Å². The summed E-state index contributed by atoms with van der Waals surface area (Å²) in [4.78, 5) is -0.175. The molecule has 0 fully saturated rings. The molecule has 0 atom stereocenters. The number of primary sulfonamides is 1. The van der Waals surface area contributed by atoms with Gasteiger partial charge in [-0.15, -0.1) is 0 Å². The van der Waals surface area contributed by atoms with Crippen molar-refractivity contribution in [3.05, 3.63) is 15.6 Å². The number of halogens is 2. The standard InChI is InChI=1S/C7H8BrClN2O3S/c1-14-7-3(9)2-4(15(11,12)13)5(8)6(7)10/h2H,10H2,1H3,(H2,11,12,13). The van der Waals surface area contributed by atoms with Crippen LogP contribution in [0.15, 0.2) is 15.4 Å². The van der Waals surface area contributed by atoms with Crippen LogP contribution < -0.4 is 15.6 Å². The van der Waals surface area contributed by atoms with Crippen molar-refractivity contribution in [1.82, 2.24) is 0 Å². The quantitative estimate of drug-likeness (QED) is 0.805. The lowest BCUT2D eigenvalue weighted by Gasteiger charge is -2.11. The van der Waals surface area contributed by atoms with E-state index < -0.39 is 10.0 Å². The maximum absolute atomic E-state index is 11.2. The van der Waals surface area contributed by atoms with Crippen molar-refractivity contribution in [2.75, 3.05) is 12.8 Å². The number of anilines is 1. The van der Waals surface area contributed by atoms with E-state index >= 15 is 0 Å². The lowest BCUT2D eigenvalue weighted by molar-refractivity contribution is 0.416. The van der Waals surface area contributed by atoms with Crippen molar-refractivity contribution in [1.29, 1.82) is 0 Å². The Bertz CT molecular complexity index is 503. The third kappa shape index (κ3) is 2.36. The van der Waals surface area contributed by atoms with E-state index in [9.17, 15) is 8.42 Å². The second-order valence-corrected chi connectivity index (χ2v) is 5.39. The van der Waals surface area contributed by atoms with Gasteiger partial charge in [0.1, 0.15) is 0 Å². The number of nitrogens with two attached hydrogens (primary N) is 2. The van der Waals surface area contributed by atoms with E-state index in [0.29, 0.717) is 0 Å². The van der Waals surface area contributed by atoms with Crippen molar-refractivity contribution in [2.45, 2.75) is 4.90 Å². The Morgan fingerprint density at radius 3 is 2.47 bits per heavy atom. The molecule has 0 saturated carbocycles. The van der Waals surface area contributed by atoms with Crippen molar-refractivity contribution < 1.29 is 13.2 Å². The first-order valence-electron chi connectivity index (χ1n) is 3.63. The average molecular weight is 316 g/mol. The van der Waals surface area contributed by atoms with E-state index in [2.05, 4.69) is 15.9 Å². The lowest BCUT2D eigenvalue weighted by atomic mass is 10.3. The molecule has 1 aromatic carbocycles. The van der Waals surface area contributed by atoms with Gasteiger partial charge in [-0.3, -0.25) is 0 Å². The molecule has 0 aliphatic heterocycles. The molecule has 0 unspecified atom stereocenters. The summed E-state index contributed by atoms with van der Waals surface area (Å²) >= 11 is 8.79. The Labute approximate surface area is 101 Å². The zero-order chi connectivity index (χ0) is 11.8. The fraction of sp³-hybridized carbons (Fsp3) is 0.143. The number of nitrogen functional groups attached to an aromatic ring is 1. The highest BCUT2D eigenvalue weighted by Gasteiger charge is 2.20. The number of rotatable bonds is 2. The molecule has 1 rings (SSSR count). The van der Waals surface area contributed by atoms with Crippen molar-refractivity contribution in [3.63, 3.8) is 0 Å². The highest BCUT2D eigenvalue weighted by atomic mass is 79.9. The highest BCUT2D eigenvalue weighted by Crippen LogP contribution is 2.40. The number of hydrogen-bond donors (Lipinski definition) is 2. The molecule has 8 heteroatoms. The predicted molar refractivity (Wildman–Crippen MR) is 61.5 cm³/mol. The number of hydrogen-bond acceptors (Lipinski definition) is 4. The van der Waals surface area contributed by atoms with Gasteiger partial charge in [0.25, 0.3) is 0 Å². The van der Waals surface area contributed by atoms with Crippen molar-refractivity contribution in [3.8, 4) is 5.75 Å². The summed E-state index contributed by atoms with van der Waals surface area (Å²) < 4.78 is 27.3. The number of ether oxygens (including phenoxy) is 1. The van der Waals surface area contributed by atoms with E-state index in [-0.39, 0.29) is 25.8 Å². The van der Waals surface area contributed by atoms with Gasteiger partial charge < -0.3 is 10.5 Å². The second kappa shape index (κ2) is 4.17. The number of methoxy groups -OCH3 is 1. The van der Waals surface area contributed by atoms with E-state index in [1.165, 1.54) is 13.2 Å². The third-order valence-electron chi connectivity index (χ3n) is 1.68. The Balaban J connectivity index is 3.62. The predicted octanol–water partition coefficient (Wildman–Crippen LogP) is 1.34. The van der Waals surface area contributed by atoms with E-state index in [1.54, 1.807) is 0 Å². The first-order chi connectivity index (χ1) is 6.79. The summed E-state index contributed by atoms with van der Waals surface area (Å²) in [5.41, 5.74) is 5.71. The van der Waals surface area contributed by atoms with Crippen LogP contribution in [0.2, 0.25) is 5.02 Å². The van der Waals surface area contributed by atoms with Crippen LogP contribution in [0.3, 0.4) is 0 Å². The Kier molecular flexibility index (Phi) is 3.49. The molecule has 84 valence electrons. The summed E-state index contributed by atoms with van der Waals surface area (Å²) in [6.07, 6.45) is 0. The van der Waals surface area contributed by atoms with Gasteiger partial charge in [-0.2, -0.15) is 0 Å². The van der Waals surface area contributed by atoms with Crippen LogP contribution in [-0.4, -0.2) is 15.5 Å². The van der Waals surface area contributed by atoms with Gasteiger partial charge in [0.15, 0.2) is 5.75 Å². The second-order valence-electron chi connectivity index (χ2n) is 2.66. The summed E-state index contributed by atoms with van der Waals surface area (Å²) in [6.45, 7) is 0. The van der Waals surface area contributed by atoms with Crippen LogP contribution in [0.5, 0.6) is 5.75 Å². The maximum Gasteiger partial charge on any atom is 0.239 e. The summed E-state index contributed by atoms with van der Waals surface area (Å²) in [6, 6.07) is 1.18. The molecule has 4 N–H and O–H groups in total. The molecule has 15 heavy (non-hydrogen) atoms. The molecular weight excluding hydrogens is 308 g/mol. The summed E-state index contributed by atoms with van der Waals surface area (Å²) in [7, 11) is -2.49. The van der Waals surface area contributed by atoms with Gasteiger partial charge in [-0.25, -0.2) is 13.6 Å². The molecule has 0 spiro atoms. The van der Waals surface area contributed by atoms with E-state index in [1.807, 2.05) is 0 Å². The Morgan fingerprint density at radius 1 is 1.53 bits per heavy atom. The van der Waals surface area contributed by atoms with Gasteiger partial charge >= 0.3 is 0 Å². The molecule has 0 heterocycles. The maximum atomic E-state index is 11.2. The fourth-order valence-corrected chi connectivity index (χ4v) is 2.99. The van der Waals surface area contributed by atoms with Gasteiger partial charge in [0.2, 0.25) is 10.0 Å². The molecule has 0 aromatic heterocycles. The highest BCUT2D eigenvalue weighted by molar-refractivity contribution is 9.10. The van der Waals surface area contributed by atoms with Crippen LogP contribution in [0.25, 0.3) is 0 Å². The normalized spacial score (nSPS) is 11.5. The van der Waals surface area contributed by atoms with E-state index in [4.69, 9.17) is 27.2 Å². The summed E-state index contributed by atoms with van der Waals surface area (Å²) in [5, 5.41) is 5.06. The average Bonchev–Trinajstić information content (AvgIpc) is 2.10. The van der Waals surface area contributed by atoms with Gasteiger partial charge in [-0.05, 0) is 22.0 Å². The minimum Gasteiger partial charge on any atom is -0.493 e. The molecular formula is C7H8BrClN2O3S. The molecule has 0 saturated heterocycles. The van der Waals surface area contributed by atoms with Gasteiger partial charge in [-0.1, -0.05) is 11.6 Å². The molecule has 0 aliphatic carbocycles. The van der Waals surface area contributed by atoms with Gasteiger partial charge in [0, 0.05) is 0 Å². The zero-order valence-electron chi connectivity index (χ0n) is 7.62. The molecule has 0 aliphatic rings. The fourth-order valence-electron chi connectivity index (χ4n) is 1.02. The SMILES string of the molecule is COc1c(Cl)cc(S(N)(=O)=O)c(Br)c1N. The molecule has 5 nitrogen and oxygen atoms in total. The topological polar surface area (TPSA) is 95.4 Å². The number of benzene rings is 1. The first kappa shape index (κ1) is 12.6. The Morgan fingerprint density at radius 2 is 2.07 bits per heavy atom. The molecule has 0 radical (unpaired) electrons. The van der Waals surface area contributed by atoms with Crippen LogP contribution in [0.4, 0.5) is 5.69 Å². The largest absolute Gasteiger partial charge is 0.493 e. The van der Waals surface area contributed by atoms with Crippen molar-refractivity contribution in [2.24, 2.45) is 5.14 Å². The van der Waals surface area contributed by atoms with Crippen LogP contribution in [0.1, 0.15) is 0 Å². The summed E-state index contributed by atoms with van der Waals surface area (Å²) in [5.74, 6) is 0.205. The first-order valence-corrected chi connectivity index (χ1v) is 6.35. The zero-order valence-corrected chi connectivity index (χ0v) is 10.8. The van der Waals surface area contributed by atoms with Gasteiger partial charge in [0.05, 0.1) is 27.2 Å². The van der Waals surface area contributed by atoms with Crippen LogP contribution in [-0.2, 0) is 10.0 Å². The number of sulfonamides is 1. The van der Waals surface area contributed by atoms with Crippen molar-refractivity contribution >= 4 is 43.2 Å². The third-order valence-corrected chi connectivity index (χ3v) is 4.02. The molecule has 1 aromatic rings. The lowest BCUT2D eigenvalue weighted by Crippen LogP contribution is -2.14. The van der Waals surface area contributed by atoms with E-state index in [0.717, 1.165) is 0 Å². The minimum atomic E-state index is -3.87. The minimum absolute atomic E-state index is 0.0854. The monoisotopic (exact) mass is 314 g/mol. The molecule has 0 amide bonds. The Hall–Kier alpha value is -0.500.